The molecule has 166 valence electrons. The van der Waals surface area contributed by atoms with Gasteiger partial charge in [0.2, 0.25) is 5.91 Å². The van der Waals surface area contributed by atoms with Crippen LogP contribution in [0.25, 0.3) is 0 Å². The maximum absolute atomic E-state index is 13.0. The Bertz CT molecular complexity index is 876. The van der Waals surface area contributed by atoms with E-state index in [2.05, 4.69) is 4.90 Å². The molecule has 8 heteroatoms. The maximum atomic E-state index is 13.0. The Balaban J connectivity index is 1.17. The normalized spacial score (nSPS) is 18.2. The molecule has 2 saturated heterocycles. The summed E-state index contributed by atoms with van der Waals surface area (Å²) in [4.78, 5) is 32.4. The number of carbonyl (C=O) groups excluding carboxylic acids is 2. The average Bonchev–Trinajstić information content (AvgIpc) is 3.35. The van der Waals surface area contributed by atoms with Gasteiger partial charge in [0.1, 0.15) is 12.4 Å². The first-order chi connectivity index (χ1) is 15.1. The van der Waals surface area contributed by atoms with Crippen molar-refractivity contribution in [3.05, 3.63) is 51.7 Å². The number of nitrogens with zero attached hydrogens (tertiary/aromatic N) is 3. The van der Waals surface area contributed by atoms with Crippen LogP contribution in [0.15, 0.2) is 41.8 Å². The topological polar surface area (TPSA) is 53.1 Å². The molecule has 1 aromatic carbocycles. The Labute approximate surface area is 192 Å². The molecule has 6 nitrogen and oxygen atoms in total. The summed E-state index contributed by atoms with van der Waals surface area (Å²) < 4.78 is 5.78. The Morgan fingerprint density at radius 2 is 1.71 bits per heavy atom. The number of hydrogen-bond donors (Lipinski definition) is 0. The lowest BCUT2D eigenvalue weighted by molar-refractivity contribution is -0.138. The molecule has 2 aliphatic rings. The number of ether oxygens (including phenoxy) is 1. The number of halogens is 1. The van der Waals surface area contributed by atoms with Gasteiger partial charge in [-0.3, -0.25) is 14.5 Å². The van der Waals surface area contributed by atoms with Gasteiger partial charge in [-0.15, -0.1) is 11.3 Å². The van der Waals surface area contributed by atoms with Crippen molar-refractivity contribution in [3.63, 3.8) is 0 Å². The number of amides is 2. The second kappa shape index (κ2) is 10.5. The third-order valence-electron chi connectivity index (χ3n) is 6.05. The van der Waals surface area contributed by atoms with E-state index in [1.54, 1.807) is 0 Å². The largest absolute Gasteiger partial charge is 0.491 e. The van der Waals surface area contributed by atoms with Crippen molar-refractivity contribution in [2.45, 2.75) is 12.8 Å². The molecule has 0 aliphatic carbocycles. The van der Waals surface area contributed by atoms with E-state index in [1.165, 1.54) is 11.3 Å². The van der Waals surface area contributed by atoms with E-state index in [1.807, 2.05) is 51.6 Å². The van der Waals surface area contributed by atoms with Crippen LogP contribution in [0, 0.1) is 5.92 Å². The quantitative estimate of drug-likeness (QED) is 0.661. The molecule has 0 bridgehead atoms. The number of thiophene rings is 1. The molecule has 0 saturated carbocycles. The monoisotopic (exact) mass is 461 g/mol. The number of carbonyl (C=O) groups is 2. The first kappa shape index (κ1) is 22.1. The molecule has 0 unspecified atom stereocenters. The average molecular weight is 462 g/mol. The second-order valence-corrected chi connectivity index (χ2v) is 9.34. The number of benzene rings is 1. The van der Waals surface area contributed by atoms with Crippen LogP contribution in [0.2, 0.25) is 5.02 Å². The minimum atomic E-state index is 0.0301. The highest BCUT2D eigenvalue weighted by atomic mass is 35.5. The van der Waals surface area contributed by atoms with Crippen LogP contribution in [0.5, 0.6) is 5.75 Å². The third kappa shape index (κ3) is 5.59. The minimum absolute atomic E-state index is 0.0301. The van der Waals surface area contributed by atoms with Crippen LogP contribution < -0.4 is 4.74 Å². The molecule has 4 rings (SSSR count). The lowest BCUT2D eigenvalue weighted by atomic mass is 9.95. The summed E-state index contributed by atoms with van der Waals surface area (Å²) in [6.07, 6.45) is 1.50. The summed E-state index contributed by atoms with van der Waals surface area (Å²) >= 11 is 7.59. The summed E-state index contributed by atoms with van der Waals surface area (Å²) in [5.41, 5.74) is 0. The SMILES string of the molecule is O=C(c1cccs1)N1CCC(C(=O)N2CCN(CCOc3ccccc3Cl)CC2)CC1. The van der Waals surface area contributed by atoms with Gasteiger partial charge in [0.15, 0.2) is 0 Å². The zero-order valence-electron chi connectivity index (χ0n) is 17.5. The van der Waals surface area contributed by atoms with Crippen molar-refractivity contribution < 1.29 is 14.3 Å². The predicted molar refractivity (Wildman–Crippen MR) is 123 cm³/mol. The molecule has 2 amide bonds. The maximum Gasteiger partial charge on any atom is 0.263 e. The molecule has 2 fully saturated rings. The van der Waals surface area contributed by atoms with Crippen LogP contribution in [0.4, 0.5) is 0 Å². The van der Waals surface area contributed by atoms with E-state index in [4.69, 9.17) is 16.3 Å². The summed E-state index contributed by atoms with van der Waals surface area (Å²) in [5.74, 6) is 1.08. The predicted octanol–water partition coefficient (Wildman–Crippen LogP) is 3.48. The number of rotatable bonds is 6. The third-order valence-corrected chi connectivity index (χ3v) is 7.22. The Hall–Kier alpha value is -2.09. The van der Waals surface area contributed by atoms with Crippen LogP contribution in [0.3, 0.4) is 0 Å². The van der Waals surface area contributed by atoms with Crippen LogP contribution in [0.1, 0.15) is 22.5 Å². The van der Waals surface area contributed by atoms with E-state index in [0.29, 0.717) is 30.5 Å². The van der Waals surface area contributed by atoms with Crippen molar-refractivity contribution in [1.82, 2.24) is 14.7 Å². The van der Waals surface area contributed by atoms with Crippen molar-refractivity contribution in [2.75, 3.05) is 52.4 Å². The van der Waals surface area contributed by atoms with Crippen molar-refractivity contribution in [1.29, 1.82) is 0 Å². The zero-order valence-corrected chi connectivity index (χ0v) is 19.1. The Morgan fingerprint density at radius 1 is 0.968 bits per heavy atom. The molecule has 3 heterocycles. The number of hydrogen-bond acceptors (Lipinski definition) is 5. The fraction of sp³-hybridized carbons (Fsp3) is 0.478. The van der Waals surface area contributed by atoms with E-state index in [9.17, 15) is 9.59 Å². The van der Waals surface area contributed by atoms with Crippen LogP contribution in [-0.4, -0.2) is 78.9 Å². The van der Waals surface area contributed by atoms with Gasteiger partial charge in [-0.05, 0) is 36.4 Å². The Kier molecular flexibility index (Phi) is 7.48. The van der Waals surface area contributed by atoms with E-state index < -0.39 is 0 Å². The van der Waals surface area contributed by atoms with Gasteiger partial charge in [0.25, 0.3) is 5.91 Å². The summed E-state index contributed by atoms with van der Waals surface area (Å²) in [6.45, 7) is 5.92. The molecule has 1 aromatic heterocycles. The second-order valence-electron chi connectivity index (χ2n) is 7.99. The fourth-order valence-electron chi connectivity index (χ4n) is 4.18. The lowest BCUT2D eigenvalue weighted by Crippen LogP contribution is -2.52. The highest BCUT2D eigenvalue weighted by Gasteiger charge is 2.32. The van der Waals surface area contributed by atoms with Gasteiger partial charge in [-0.2, -0.15) is 0 Å². The number of piperidine rings is 1. The van der Waals surface area contributed by atoms with Crippen molar-refractivity contribution in [2.24, 2.45) is 5.92 Å². The van der Waals surface area contributed by atoms with E-state index >= 15 is 0 Å². The van der Waals surface area contributed by atoms with Crippen LogP contribution in [-0.2, 0) is 4.79 Å². The van der Waals surface area contributed by atoms with E-state index in [0.717, 1.165) is 50.4 Å². The molecule has 0 atom stereocenters. The standard InChI is InChI=1S/C23H28ClN3O3S/c24-19-4-1-2-5-20(19)30-16-15-25-11-13-27(14-12-25)22(28)18-7-9-26(10-8-18)23(29)21-6-3-17-31-21/h1-6,17-18H,7-16H2. The first-order valence-corrected chi connectivity index (χ1v) is 12.1. The zero-order chi connectivity index (χ0) is 21.6. The van der Waals surface area contributed by atoms with Gasteiger partial charge < -0.3 is 14.5 Å². The molecule has 0 spiro atoms. The van der Waals surface area contributed by atoms with Gasteiger partial charge in [-0.25, -0.2) is 0 Å². The smallest absolute Gasteiger partial charge is 0.263 e. The molecular weight excluding hydrogens is 434 g/mol. The minimum Gasteiger partial charge on any atom is -0.491 e. The summed E-state index contributed by atoms with van der Waals surface area (Å²) in [7, 11) is 0. The molecule has 31 heavy (non-hydrogen) atoms. The summed E-state index contributed by atoms with van der Waals surface area (Å²) in [5, 5.41) is 2.55. The first-order valence-electron chi connectivity index (χ1n) is 10.8. The molecular formula is C23H28ClN3O3S. The molecule has 0 radical (unpaired) electrons. The van der Waals surface area contributed by atoms with Gasteiger partial charge >= 0.3 is 0 Å². The molecule has 2 aromatic rings. The van der Waals surface area contributed by atoms with Crippen molar-refractivity contribution in [3.8, 4) is 5.75 Å². The lowest BCUT2D eigenvalue weighted by Gasteiger charge is -2.38. The van der Waals surface area contributed by atoms with Crippen LogP contribution >= 0.6 is 22.9 Å². The Morgan fingerprint density at radius 3 is 2.39 bits per heavy atom. The molecule has 0 N–H and O–H groups in total. The summed E-state index contributed by atoms with van der Waals surface area (Å²) in [6, 6.07) is 11.3. The van der Waals surface area contributed by atoms with Crippen molar-refractivity contribution >= 4 is 34.8 Å². The number of para-hydroxylation sites is 1. The van der Waals surface area contributed by atoms with Gasteiger partial charge in [-0.1, -0.05) is 29.8 Å². The van der Waals surface area contributed by atoms with Gasteiger partial charge in [0.05, 0.1) is 9.90 Å². The van der Waals surface area contributed by atoms with E-state index in [-0.39, 0.29) is 17.7 Å². The number of piperazine rings is 1. The highest BCUT2D eigenvalue weighted by Crippen LogP contribution is 2.24. The molecule has 2 aliphatic heterocycles. The van der Waals surface area contributed by atoms with Gasteiger partial charge in [0, 0.05) is 51.7 Å². The number of likely N-dealkylation sites (tertiary alicyclic amines) is 1. The fourth-order valence-corrected chi connectivity index (χ4v) is 5.06. The highest BCUT2D eigenvalue weighted by molar-refractivity contribution is 7.12.